The summed E-state index contributed by atoms with van der Waals surface area (Å²) in [6, 6.07) is 0. The summed E-state index contributed by atoms with van der Waals surface area (Å²) in [4.78, 5) is 0. The van der Waals surface area contributed by atoms with Crippen molar-refractivity contribution in [2.24, 2.45) is 22.6 Å². The summed E-state index contributed by atoms with van der Waals surface area (Å²) in [5.41, 5.74) is 15.8. The molecule has 200 valence electrons. The first kappa shape index (κ1) is 32.6. The third kappa shape index (κ3) is 21.8. The zero-order valence-electron chi connectivity index (χ0n) is 20.6. The molecule has 0 atom stereocenters. The lowest BCUT2D eigenvalue weighted by Crippen LogP contribution is -2.43. The molecule has 0 heterocycles. The predicted octanol–water partition coefficient (Wildman–Crippen LogP) is -0.608. The Kier molecular flexibility index (Phi) is 25.8. The Morgan fingerprint density at radius 1 is 0.394 bits per heavy atom. The molecule has 0 aliphatic rings. The maximum absolute atomic E-state index is 5.92. The van der Waals surface area contributed by atoms with Gasteiger partial charge in [-0.15, -0.1) is 0 Å². The van der Waals surface area contributed by atoms with Gasteiger partial charge in [-0.1, -0.05) is 6.92 Å². The van der Waals surface area contributed by atoms with Crippen LogP contribution in [0, 0.1) is 5.41 Å². The fourth-order valence-corrected chi connectivity index (χ4v) is 2.68. The SMILES string of the molecule is CCCOCCOCC(COCCOCCN)(COCCOCCN)COCCOCCN. The van der Waals surface area contributed by atoms with Crippen LogP contribution in [-0.2, 0) is 37.9 Å². The van der Waals surface area contributed by atoms with Gasteiger partial charge >= 0.3 is 0 Å². The molecule has 11 heteroatoms. The molecule has 0 saturated carbocycles. The van der Waals surface area contributed by atoms with E-state index in [0.717, 1.165) is 13.0 Å². The molecule has 0 spiro atoms. The second kappa shape index (κ2) is 26.2. The second-order valence-corrected chi connectivity index (χ2v) is 7.53. The number of hydrogen-bond acceptors (Lipinski definition) is 11. The summed E-state index contributed by atoms with van der Waals surface area (Å²) in [6.45, 7) is 11.1. The van der Waals surface area contributed by atoms with Crippen LogP contribution in [0.25, 0.3) is 0 Å². The molecule has 0 aromatic heterocycles. The van der Waals surface area contributed by atoms with Crippen molar-refractivity contribution in [3.8, 4) is 0 Å². The van der Waals surface area contributed by atoms with E-state index >= 15 is 0 Å². The van der Waals surface area contributed by atoms with Crippen LogP contribution in [0.4, 0.5) is 0 Å². The summed E-state index contributed by atoms with van der Waals surface area (Å²) in [5.74, 6) is 0. The number of rotatable bonds is 28. The molecule has 0 bridgehead atoms. The standard InChI is InChI=1S/C22H49N3O8/c1-2-6-26-10-14-30-18-22(19-31-15-11-27-7-3-23,20-32-16-12-28-8-4-24)21-33-17-13-29-9-5-25/h2-21,23-25H2,1H3. The maximum Gasteiger partial charge on any atom is 0.0701 e. The molecule has 0 rings (SSSR count). The Hall–Kier alpha value is -0.440. The molecular weight excluding hydrogens is 434 g/mol. The van der Waals surface area contributed by atoms with E-state index in [9.17, 15) is 0 Å². The summed E-state index contributed by atoms with van der Waals surface area (Å²) in [6.07, 6.45) is 0.976. The van der Waals surface area contributed by atoms with Crippen LogP contribution in [-0.4, -0.2) is 125 Å². The molecule has 0 aromatic rings. The molecule has 6 N–H and O–H groups in total. The largest absolute Gasteiger partial charge is 0.379 e. The lowest BCUT2D eigenvalue weighted by Gasteiger charge is -2.33. The van der Waals surface area contributed by atoms with Gasteiger partial charge in [-0.2, -0.15) is 0 Å². The molecule has 0 fully saturated rings. The van der Waals surface area contributed by atoms with Crippen molar-refractivity contribution < 1.29 is 37.9 Å². The average Bonchev–Trinajstić information content (AvgIpc) is 2.83. The van der Waals surface area contributed by atoms with Crippen LogP contribution >= 0.6 is 0 Å². The highest BCUT2D eigenvalue weighted by Crippen LogP contribution is 2.21. The van der Waals surface area contributed by atoms with Crippen molar-refractivity contribution >= 4 is 0 Å². The normalized spacial score (nSPS) is 12.0. The van der Waals surface area contributed by atoms with Crippen LogP contribution in [0.3, 0.4) is 0 Å². The first-order chi connectivity index (χ1) is 16.2. The van der Waals surface area contributed by atoms with E-state index in [2.05, 4.69) is 6.92 Å². The van der Waals surface area contributed by atoms with Crippen molar-refractivity contribution in [1.82, 2.24) is 0 Å². The van der Waals surface area contributed by atoms with Crippen LogP contribution in [0.5, 0.6) is 0 Å². The highest BCUT2D eigenvalue weighted by Gasteiger charge is 2.32. The van der Waals surface area contributed by atoms with E-state index < -0.39 is 5.41 Å². The van der Waals surface area contributed by atoms with Crippen molar-refractivity contribution in [3.63, 3.8) is 0 Å². The molecule has 0 unspecified atom stereocenters. The van der Waals surface area contributed by atoms with Crippen molar-refractivity contribution in [2.45, 2.75) is 13.3 Å². The Bertz CT molecular complexity index is 314. The van der Waals surface area contributed by atoms with Gasteiger partial charge in [-0.25, -0.2) is 0 Å². The smallest absolute Gasteiger partial charge is 0.0701 e. The Labute approximate surface area is 199 Å². The van der Waals surface area contributed by atoms with E-state index in [4.69, 9.17) is 55.1 Å². The second-order valence-electron chi connectivity index (χ2n) is 7.53. The van der Waals surface area contributed by atoms with Gasteiger partial charge < -0.3 is 55.1 Å². The molecule has 0 amide bonds. The molecule has 0 aromatic carbocycles. The molecule has 11 nitrogen and oxygen atoms in total. The third-order valence-electron chi connectivity index (χ3n) is 4.26. The van der Waals surface area contributed by atoms with Gasteiger partial charge in [-0.05, 0) is 6.42 Å². The highest BCUT2D eigenvalue weighted by atomic mass is 16.6. The maximum atomic E-state index is 5.92. The van der Waals surface area contributed by atoms with Crippen LogP contribution in [0.2, 0.25) is 0 Å². The van der Waals surface area contributed by atoms with Gasteiger partial charge in [0.05, 0.1) is 105 Å². The summed E-state index contributed by atoms with van der Waals surface area (Å²) >= 11 is 0. The molecule has 33 heavy (non-hydrogen) atoms. The number of ether oxygens (including phenoxy) is 8. The number of hydrogen-bond donors (Lipinski definition) is 3. The van der Waals surface area contributed by atoms with Gasteiger partial charge in [0.25, 0.3) is 0 Å². The van der Waals surface area contributed by atoms with E-state index in [1.165, 1.54) is 0 Å². The zero-order valence-corrected chi connectivity index (χ0v) is 20.6. The molecular formula is C22H49N3O8. The molecule has 0 aliphatic carbocycles. The van der Waals surface area contributed by atoms with Crippen molar-refractivity contribution in [3.05, 3.63) is 0 Å². The first-order valence-corrected chi connectivity index (χ1v) is 12.0. The summed E-state index contributed by atoms with van der Waals surface area (Å²) in [5, 5.41) is 0. The fraction of sp³-hybridized carbons (Fsp3) is 1.00. The Morgan fingerprint density at radius 3 is 0.939 bits per heavy atom. The van der Waals surface area contributed by atoms with Gasteiger partial charge in [0.2, 0.25) is 0 Å². The van der Waals surface area contributed by atoms with Crippen molar-refractivity contribution in [1.29, 1.82) is 0 Å². The molecule has 0 aliphatic heterocycles. The molecule has 0 radical (unpaired) electrons. The van der Waals surface area contributed by atoms with Crippen LogP contribution < -0.4 is 17.2 Å². The highest BCUT2D eigenvalue weighted by molar-refractivity contribution is 4.79. The average molecular weight is 484 g/mol. The van der Waals surface area contributed by atoms with E-state index in [1.807, 2.05) is 0 Å². The lowest BCUT2D eigenvalue weighted by molar-refractivity contribution is -0.121. The summed E-state index contributed by atoms with van der Waals surface area (Å²) < 4.78 is 45.3. The molecule has 0 saturated heterocycles. The van der Waals surface area contributed by atoms with E-state index in [0.29, 0.717) is 119 Å². The minimum Gasteiger partial charge on any atom is -0.379 e. The monoisotopic (exact) mass is 483 g/mol. The van der Waals surface area contributed by atoms with Crippen LogP contribution in [0.15, 0.2) is 0 Å². The minimum absolute atomic E-state index is 0.391. The van der Waals surface area contributed by atoms with E-state index in [1.54, 1.807) is 0 Å². The Morgan fingerprint density at radius 2 is 0.667 bits per heavy atom. The summed E-state index contributed by atoms with van der Waals surface area (Å²) in [7, 11) is 0. The van der Waals surface area contributed by atoms with E-state index in [-0.39, 0.29) is 0 Å². The quantitative estimate of drug-likeness (QED) is 0.122. The minimum atomic E-state index is -0.500. The zero-order chi connectivity index (χ0) is 24.3. The topological polar surface area (TPSA) is 152 Å². The predicted molar refractivity (Wildman–Crippen MR) is 126 cm³/mol. The Balaban J connectivity index is 4.74. The fourth-order valence-electron chi connectivity index (χ4n) is 2.68. The van der Waals surface area contributed by atoms with Gasteiger partial charge in [0.1, 0.15) is 0 Å². The van der Waals surface area contributed by atoms with Crippen LogP contribution in [0.1, 0.15) is 13.3 Å². The van der Waals surface area contributed by atoms with Gasteiger partial charge in [-0.3, -0.25) is 0 Å². The van der Waals surface area contributed by atoms with Gasteiger partial charge in [0, 0.05) is 26.2 Å². The number of nitrogens with two attached hydrogens (primary N) is 3. The lowest BCUT2D eigenvalue weighted by atomic mass is 9.92. The van der Waals surface area contributed by atoms with Gasteiger partial charge in [0.15, 0.2) is 0 Å². The third-order valence-corrected chi connectivity index (χ3v) is 4.26. The first-order valence-electron chi connectivity index (χ1n) is 12.0. The van der Waals surface area contributed by atoms with Crippen molar-refractivity contribution in [2.75, 3.05) is 125 Å².